The number of rotatable bonds is 10. The van der Waals surface area contributed by atoms with Gasteiger partial charge in [-0.15, -0.1) is 0 Å². The van der Waals surface area contributed by atoms with E-state index in [2.05, 4.69) is 232 Å². The first-order chi connectivity index (χ1) is 25.4. The molecule has 0 amide bonds. The third kappa shape index (κ3) is 7.98. The van der Waals surface area contributed by atoms with Crippen molar-refractivity contribution in [3.05, 3.63) is 220 Å². The predicted octanol–water partition coefficient (Wildman–Crippen LogP) is 13.9. The Morgan fingerprint density at radius 2 is 0.827 bits per heavy atom. The van der Waals surface area contributed by atoms with Crippen LogP contribution < -0.4 is 9.80 Å². The SMILES string of the molecule is Cc1ccc(N(C(=Cc2ccccc2)c2ccc(C=Cc3ccccc3N(c3ccc(C)cc3)c3ccc(C)cc3)cc2)c2ccc(C)cc2)cc1. The Kier molecular flexibility index (Phi) is 10.3. The van der Waals surface area contributed by atoms with E-state index in [4.69, 9.17) is 0 Å². The van der Waals surface area contributed by atoms with Crippen LogP contribution in [0.4, 0.5) is 28.4 Å². The molecule has 7 aromatic rings. The second-order valence-corrected chi connectivity index (χ2v) is 13.5. The van der Waals surface area contributed by atoms with E-state index in [-0.39, 0.29) is 0 Å². The van der Waals surface area contributed by atoms with Gasteiger partial charge < -0.3 is 9.80 Å². The van der Waals surface area contributed by atoms with E-state index >= 15 is 0 Å². The van der Waals surface area contributed by atoms with Crippen molar-refractivity contribution in [3.8, 4) is 0 Å². The normalized spacial score (nSPS) is 11.5. The van der Waals surface area contributed by atoms with Crippen molar-refractivity contribution in [1.29, 1.82) is 0 Å². The third-order valence-corrected chi connectivity index (χ3v) is 9.35. The quantitative estimate of drug-likeness (QED) is 0.133. The molecule has 0 aliphatic carbocycles. The molecule has 0 saturated heterocycles. The lowest BCUT2D eigenvalue weighted by atomic mass is 10.0. The summed E-state index contributed by atoms with van der Waals surface area (Å²) in [6.07, 6.45) is 6.72. The van der Waals surface area contributed by atoms with E-state index < -0.39 is 0 Å². The van der Waals surface area contributed by atoms with Crippen LogP contribution in [0.1, 0.15) is 44.5 Å². The Labute approximate surface area is 309 Å². The number of para-hydroxylation sites is 1. The molecule has 0 saturated carbocycles. The Balaban J connectivity index is 1.26. The average Bonchev–Trinajstić information content (AvgIpc) is 3.18. The molecule has 0 spiro atoms. The molecule has 254 valence electrons. The lowest BCUT2D eigenvalue weighted by Gasteiger charge is -2.29. The van der Waals surface area contributed by atoms with Crippen LogP contribution in [-0.4, -0.2) is 0 Å². The van der Waals surface area contributed by atoms with Crippen LogP contribution >= 0.6 is 0 Å². The Morgan fingerprint density at radius 1 is 0.385 bits per heavy atom. The van der Waals surface area contributed by atoms with E-state index in [0.717, 1.165) is 56.4 Å². The first-order valence-corrected chi connectivity index (χ1v) is 17.9. The highest BCUT2D eigenvalue weighted by Crippen LogP contribution is 2.39. The zero-order valence-electron chi connectivity index (χ0n) is 30.4. The van der Waals surface area contributed by atoms with Gasteiger partial charge in [-0.3, -0.25) is 0 Å². The standard InChI is InChI=1S/C50H44N2/c1-37-14-28-45(29-15-37)51(46-30-16-38(2)17-31-46)49-13-9-8-12-43(49)25-22-41-23-26-44(27-24-41)50(36-42-10-6-5-7-11-42)52(47-32-18-39(3)19-33-47)48-34-20-40(4)21-35-48/h5-36H,1-4H3. The highest BCUT2D eigenvalue weighted by atomic mass is 15.2. The smallest absolute Gasteiger partial charge is 0.0539 e. The summed E-state index contributed by atoms with van der Waals surface area (Å²) in [4.78, 5) is 4.70. The molecule has 7 aromatic carbocycles. The molecule has 0 heterocycles. The van der Waals surface area contributed by atoms with E-state index in [9.17, 15) is 0 Å². The molecule has 7 rings (SSSR count). The Morgan fingerprint density at radius 3 is 1.33 bits per heavy atom. The fourth-order valence-electron chi connectivity index (χ4n) is 6.40. The predicted molar refractivity (Wildman–Crippen MR) is 225 cm³/mol. The van der Waals surface area contributed by atoms with E-state index in [1.807, 2.05) is 0 Å². The van der Waals surface area contributed by atoms with E-state index in [1.54, 1.807) is 0 Å². The molecular formula is C50H44N2. The van der Waals surface area contributed by atoms with Gasteiger partial charge in [-0.1, -0.05) is 156 Å². The number of hydrogen-bond acceptors (Lipinski definition) is 2. The van der Waals surface area contributed by atoms with Crippen LogP contribution in [0.25, 0.3) is 23.9 Å². The van der Waals surface area contributed by atoms with Crippen molar-refractivity contribution in [1.82, 2.24) is 0 Å². The van der Waals surface area contributed by atoms with Crippen molar-refractivity contribution in [2.24, 2.45) is 0 Å². The van der Waals surface area contributed by atoms with Crippen LogP contribution in [0.15, 0.2) is 176 Å². The lowest BCUT2D eigenvalue weighted by molar-refractivity contribution is 1.26. The molecule has 0 bridgehead atoms. The maximum atomic E-state index is 2.36. The minimum Gasteiger partial charge on any atom is -0.310 e. The Hall–Kier alpha value is -6.38. The molecule has 2 nitrogen and oxygen atoms in total. The largest absolute Gasteiger partial charge is 0.310 e. The summed E-state index contributed by atoms with van der Waals surface area (Å²) in [5, 5.41) is 0. The number of aryl methyl sites for hydroxylation is 4. The first kappa shape index (κ1) is 34.1. The van der Waals surface area contributed by atoms with Gasteiger partial charge in [0.2, 0.25) is 0 Å². The summed E-state index contributed by atoms with van der Waals surface area (Å²) < 4.78 is 0. The minimum atomic E-state index is 1.10. The van der Waals surface area contributed by atoms with Crippen molar-refractivity contribution >= 4 is 52.4 Å². The molecule has 2 heteroatoms. The fourth-order valence-corrected chi connectivity index (χ4v) is 6.40. The summed E-state index contributed by atoms with van der Waals surface area (Å²) in [6.45, 7) is 8.53. The third-order valence-electron chi connectivity index (χ3n) is 9.35. The van der Waals surface area contributed by atoms with Crippen molar-refractivity contribution in [2.75, 3.05) is 9.80 Å². The number of anilines is 5. The van der Waals surface area contributed by atoms with Crippen molar-refractivity contribution in [2.45, 2.75) is 27.7 Å². The lowest BCUT2D eigenvalue weighted by Crippen LogP contribution is -2.15. The zero-order valence-corrected chi connectivity index (χ0v) is 30.4. The highest BCUT2D eigenvalue weighted by Gasteiger charge is 2.18. The molecule has 52 heavy (non-hydrogen) atoms. The van der Waals surface area contributed by atoms with Gasteiger partial charge in [0.1, 0.15) is 0 Å². The maximum absolute atomic E-state index is 2.36. The second-order valence-electron chi connectivity index (χ2n) is 13.5. The van der Waals surface area contributed by atoms with Gasteiger partial charge in [0.05, 0.1) is 11.4 Å². The maximum Gasteiger partial charge on any atom is 0.0539 e. The first-order valence-electron chi connectivity index (χ1n) is 17.9. The van der Waals surface area contributed by atoms with Crippen LogP contribution in [0.5, 0.6) is 0 Å². The average molecular weight is 673 g/mol. The molecule has 0 atom stereocenters. The van der Waals surface area contributed by atoms with Crippen LogP contribution in [0.3, 0.4) is 0 Å². The summed E-state index contributed by atoms with van der Waals surface area (Å²) >= 11 is 0. The molecule has 0 N–H and O–H groups in total. The molecule has 0 radical (unpaired) electrons. The van der Waals surface area contributed by atoms with Crippen LogP contribution in [0, 0.1) is 27.7 Å². The van der Waals surface area contributed by atoms with Gasteiger partial charge in [0.25, 0.3) is 0 Å². The molecule has 0 unspecified atom stereocenters. The minimum absolute atomic E-state index is 1.10. The molecule has 0 aliphatic heterocycles. The topological polar surface area (TPSA) is 6.48 Å². The van der Waals surface area contributed by atoms with Gasteiger partial charge in [0.15, 0.2) is 0 Å². The Bertz CT molecular complexity index is 2190. The molecule has 0 aromatic heterocycles. The van der Waals surface area contributed by atoms with Crippen LogP contribution in [0.2, 0.25) is 0 Å². The summed E-state index contributed by atoms with van der Waals surface area (Å²) in [5.74, 6) is 0. The van der Waals surface area contributed by atoms with Crippen molar-refractivity contribution < 1.29 is 0 Å². The number of nitrogens with zero attached hydrogens (tertiary/aromatic N) is 2. The molecular weight excluding hydrogens is 629 g/mol. The molecule has 0 fully saturated rings. The molecule has 0 aliphatic rings. The second kappa shape index (κ2) is 15.7. The van der Waals surface area contributed by atoms with Crippen molar-refractivity contribution in [3.63, 3.8) is 0 Å². The summed E-state index contributed by atoms with van der Waals surface area (Å²) in [6, 6.07) is 63.2. The van der Waals surface area contributed by atoms with Gasteiger partial charge in [-0.25, -0.2) is 0 Å². The summed E-state index contributed by atoms with van der Waals surface area (Å²) in [7, 11) is 0. The van der Waals surface area contributed by atoms with E-state index in [0.29, 0.717) is 0 Å². The van der Waals surface area contributed by atoms with Crippen LogP contribution in [-0.2, 0) is 0 Å². The zero-order chi connectivity index (χ0) is 35.9. The number of hydrogen-bond donors (Lipinski definition) is 0. The van der Waals surface area contributed by atoms with Gasteiger partial charge >= 0.3 is 0 Å². The highest BCUT2D eigenvalue weighted by molar-refractivity contribution is 5.96. The van der Waals surface area contributed by atoms with Gasteiger partial charge in [0, 0.05) is 22.7 Å². The van der Waals surface area contributed by atoms with Gasteiger partial charge in [-0.2, -0.15) is 0 Å². The van der Waals surface area contributed by atoms with E-state index in [1.165, 1.54) is 22.3 Å². The number of benzene rings is 7. The fraction of sp³-hybridized carbons (Fsp3) is 0.0800. The van der Waals surface area contributed by atoms with Gasteiger partial charge in [-0.05, 0) is 111 Å². The summed E-state index contributed by atoms with van der Waals surface area (Å²) in [5.41, 5.74) is 16.2. The monoisotopic (exact) mass is 672 g/mol.